The lowest BCUT2D eigenvalue weighted by Crippen LogP contribution is -2.41. The van der Waals surface area contributed by atoms with Gasteiger partial charge < -0.3 is 9.84 Å². The fraction of sp³-hybridized carbons (Fsp3) is 0.941. The third-order valence-electron chi connectivity index (χ3n) is 6.12. The molecule has 2 aliphatic rings. The Bertz CT molecular complexity index is 341. The minimum Gasteiger partial charge on any atom is -0.469 e. The molecule has 2 unspecified atom stereocenters. The van der Waals surface area contributed by atoms with E-state index in [1.54, 1.807) is 0 Å². The van der Waals surface area contributed by atoms with Gasteiger partial charge in [0.2, 0.25) is 0 Å². The molecule has 2 saturated carbocycles. The Morgan fingerprint density at radius 3 is 2.85 bits per heavy atom. The Kier molecular flexibility index (Phi) is 5.11. The molecule has 20 heavy (non-hydrogen) atoms. The van der Waals surface area contributed by atoms with Crippen LogP contribution in [0.15, 0.2) is 0 Å². The molecule has 5 atom stereocenters. The summed E-state index contributed by atoms with van der Waals surface area (Å²) >= 11 is 0. The van der Waals surface area contributed by atoms with Crippen molar-refractivity contribution >= 4 is 5.97 Å². The molecule has 0 heterocycles. The topological polar surface area (TPSA) is 46.5 Å². The van der Waals surface area contributed by atoms with Crippen molar-refractivity contribution in [1.29, 1.82) is 0 Å². The van der Waals surface area contributed by atoms with E-state index in [0.717, 1.165) is 19.3 Å². The lowest BCUT2D eigenvalue weighted by molar-refractivity contribution is -0.140. The molecule has 0 radical (unpaired) electrons. The quantitative estimate of drug-likeness (QED) is 0.784. The first kappa shape index (κ1) is 15.8. The molecule has 116 valence electrons. The molecule has 0 aromatic carbocycles. The standard InChI is InChI=1S/C17H30O3/c1-12(6-4-8-16(19)20-3)13-9-10-14-15(18)7-5-11-17(13,14)2/h12-15,18H,4-11H2,1-3H3/t12?,13-,14+,15-,17?/m1/s1. The minimum absolute atomic E-state index is 0.0824. The monoisotopic (exact) mass is 282 g/mol. The number of hydrogen-bond donors (Lipinski definition) is 1. The summed E-state index contributed by atoms with van der Waals surface area (Å²) in [5, 5.41) is 10.3. The summed E-state index contributed by atoms with van der Waals surface area (Å²) in [6.07, 6.45) is 8.33. The lowest BCUT2D eigenvalue weighted by atomic mass is 9.61. The summed E-state index contributed by atoms with van der Waals surface area (Å²) in [6.45, 7) is 4.73. The first-order valence-electron chi connectivity index (χ1n) is 8.24. The molecule has 2 fully saturated rings. The molecular weight excluding hydrogens is 252 g/mol. The molecule has 3 heteroatoms. The van der Waals surface area contributed by atoms with E-state index in [2.05, 4.69) is 13.8 Å². The molecule has 0 aromatic rings. The normalized spacial score (nSPS) is 38.3. The van der Waals surface area contributed by atoms with E-state index < -0.39 is 0 Å². The van der Waals surface area contributed by atoms with Crippen LogP contribution in [0.1, 0.15) is 65.2 Å². The van der Waals surface area contributed by atoms with Gasteiger partial charge in [-0.25, -0.2) is 0 Å². The van der Waals surface area contributed by atoms with Crippen molar-refractivity contribution in [3.8, 4) is 0 Å². The number of aliphatic hydroxyl groups excluding tert-OH is 1. The van der Waals surface area contributed by atoms with Gasteiger partial charge in [-0.05, 0) is 61.7 Å². The van der Waals surface area contributed by atoms with Gasteiger partial charge in [0, 0.05) is 6.42 Å². The predicted molar refractivity (Wildman–Crippen MR) is 79.2 cm³/mol. The zero-order valence-corrected chi connectivity index (χ0v) is 13.2. The average Bonchev–Trinajstić information content (AvgIpc) is 2.77. The molecule has 0 bridgehead atoms. The van der Waals surface area contributed by atoms with Crippen LogP contribution in [-0.4, -0.2) is 24.3 Å². The Balaban J connectivity index is 1.90. The van der Waals surface area contributed by atoms with E-state index in [1.165, 1.54) is 32.8 Å². The van der Waals surface area contributed by atoms with Crippen molar-refractivity contribution in [2.24, 2.45) is 23.2 Å². The highest BCUT2D eigenvalue weighted by molar-refractivity contribution is 5.68. The van der Waals surface area contributed by atoms with Crippen LogP contribution >= 0.6 is 0 Å². The second-order valence-corrected chi connectivity index (χ2v) is 7.20. The van der Waals surface area contributed by atoms with E-state index in [0.29, 0.717) is 29.6 Å². The fourth-order valence-electron chi connectivity index (χ4n) is 5.00. The van der Waals surface area contributed by atoms with Gasteiger partial charge in [0.25, 0.3) is 0 Å². The van der Waals surface area contributed by atoms with Crippen LogP contribution in [-0.2, 0) is 9.53 Å². The number of hydrogen-bond acceptors (Lipinski definition) is 3. The maximum atomic E-state index is 11.2. The Morgan fingerprint density at radius 1 is 1.40 bits per heavy atom. The van der Waals surface area contributed by atoms with E-state index in [-0.39, 0.29) is 12.1 Å². The molecule has 0 aromatic heterocycles. The number of esters is 1. The molecule has 0 saturated heterocycles. The van der Waals surface area contributed by atoms with Crippen LogP contribution in [0.5, 0.6) is 0 Å². The van der Waals surface area contributed by atoms with Crippen LogP contribution in [0.25, 0.3) is 0 Å². The largest absolute Gasteiger partial charge is 0.469 e. The van der Waals surface area contributed by atoms with Crippen LogP contribution in [0.2, 0.25) is 0 Å². The summed E-state index contributed by atoms with van der Waals surface area (Å²) in [7, 11) is 1.46. The molecule has 1 N–H and O–H groups in total. The molecule has 0 amide bonds. The molecule has 0 spiro atoms. The predicted octanol–water partition coefficient (Wildman–Crippen LogP) is 3.54. The highest BCUT2D eigenvalue weighted by Gasteiger charge is 2.51. The number of ether oxygens (including phenoxy) is 1. The van der Waals surface area contributed by atoms with Crippen molar-refractivity contribution in [1.82, 2.24) is 0 Å². The lowest BCUT2D eigenvalue weighted by Gasteiger charge is -2.45. The van der Waals surface area contributed by atoms with Gasteiger partial charge in [-0.1, -0.05) is 20.3 Å². The Hall–Kier alpha value is -0.570. The van der Waals surface area contributed by atoms with Crippen molar-refractivity contribution < 1.29 is 14.6 Å². The van der Waals surface area contributed by atoms with Crippen molar-refractivity contribution in [3.05, 3.63) is 0 Å². The van der Waals surface area contributed by atoms with Crippen LogP contribution in [0, 0.1) is 23.2 Å². The third-order valence-corrected chi connectivity index (χ3v) is 6.12. The van der Waals surface area contributed by atoms with Crippen molar-refractivity contribution in [2.45, 2.75) is 71.3 Å². The van der Waals surface area contributed by atoms with Crippen LogP contribution in [0.4, 0.5) is 0 Å². The Labute approximate surface area is 123 Å². The molecule has 2 rings (SSSR count). The maximum Gasteiger partial charge on any atom is 0.305 e. The maximum absolute atomic E-state index is 11.2. The summed E-state index contributed by atoms with van der Waals surface area (Å²) in [6, 6.07) is 0. The first-order chi connectivity index (χ1) is 9.49. The van der Waals surface area contributed by atoms with E-state index in [1.807, 2.05) is 0 Å². The first-order valence-corrected chi connectivity index (χ1v) is 8.24. The number of fused-ring (bicyclic) bond motifs is 1. The molecule has 3 nitrogen and oxygen atoms in total. The Morgan fingerprint density at radius 2 is 2.15 bits per heavy atom. The number of carbonyl (C=O) groups excluding carboxylic acids is 1. The van der Waals surface area contributed by atoms with Gasteiger partial charge in [0.15, 0.2) is 0 Å². The number of carbonyl (C=O) groups is 1. The van der Waals surface area contributed by atoms with E-state index >= 15 is 0 Å². The number of rotatable bonds is 5. The average molecular weight is 282 g/mol. The molecule has 0 aliphatic heterocycles. The molecule has 2 aliphatic carbocycles. The van der Waals surface area contributed by atoms with Crippen molar-refractivity contribution in [2.75, 3.05) is 7.11 Å². The highest BCUT2D eigenvalue weighted by Crippen LogP contribution is 2.58. The van der Waals surface area contributed by atoms with Crippen LogP contribution < -0.4 is 0 Å². The van der Waals surface area contributed by atoms with Crippen molar-refractivity contribution in [3.63, 3.8) is 0 Å². The smallest absolute Gasteiger partial charge is 0.305 e. The second kappa shape index (κ2) is 6.46. The van der Waals surface area contributed by atoms with Gasteiger partial charge in [0.05, 0.1) is 13.2 Å². The van der Waals surface area contributed by atoms with Gasteiger partial charge in [-0.3, -0.25) is 4.79 Å². The zero-order valence-electron chi connectivity index (χ0n) is 13.2. The third kappa shape index (κ3) is 3.03. The van der Waals surface area contributed by atoms with Gasteiger partial charge in [0.1, 0.15) is 0 Å². The van der Waals surface area contributed by atoms with E-state index in [4.69, 9.17) is 4.74 Å². The highest BCUT2D eigenvalue weighted by atomic mass is 16.5. The van der Waals surface area contributed by atoms with Crippen LogP contribution in [0.3, 0.4) is 0 Å². The SMILES string of the molecule is COC(=O)CCCC(C)[C@H]1CC[C@H]2[C@H](O)CCCC12C. The summed E-state index contributed by atoms with van der Waals surface area (Å²) < 4.78 is 4.71. The summed E-state index contributed by atoms with van der Waals surface area (Å²) in [5.41, 5.74) is 0.322. The van der Waals surface area contributed by atoms with E-state index in [9.17, 15) is 9.90 Å². The fourth-order valence-corrected chi connectivity index (χ4v) is 5.00. The van der Waals surface area contributed by atoms with Gasteiger partial charge in [-0.2, -0.15) is 0 Å². The number of aliphatic hydroxyl groups is 1. The minimum atomic E-state index is -0.0965. The van der Waals surface area contributed by atoms with Gasteiger partial charge in [-0.15, -0.1) is 0 Å². The summed E-state index contributed by atoms with van der Waals surface area (Å²) in [4.78, 5) is 11.2. The van der Waals surface area contributed by atoms with Gasteiger partial charge >= 0.3 is 5.97 Å². The number of methoxy groups -OCH3 is 1. The molecular formula is C17H30O3. The zero-order chi connectivity index (χ0) is 14.8. The summed E-state index contributed by atoms with van der Waals surface area (Å²) in [5.74, 6) is 1.75. The second-order valence-electron chi connectivity index (χ2n) is 7.20.